The van der Waals surface area contributed by atoms with Crippen molar-refractivity contribution in [2.24, 2.45) is 12.8 Å². The molecule has 0 radical (unpaired) electrons. The van der Waals surface area contributed by atoms with E-state index in [1.54, 1.807) is 6.20 Å². The molecule has 1 aliphatic rings. The minimum absolute atomic E-state index is 0.0662. The van der Waals surface area contributed by atoms with E-state index in [0.29, 0.717) is 18.7 Å². The number of nitrogens with two attached hydrogens (primary N) is 1. The van der Waals surface area contributed by atoms with Crippen LogP contribution < -0.4 is 10.2 Å². The van der Waals surface area contributed by atoms with Crippen LogP contribution in [0.1, 0.15) is 12.8 Å². The second kappa shape index (κ2) is 9.04. The van der Waals surface area contributed by atoms with E-state index in [9.17, 15) is 9.59 Å². The standard InChI is InChI=1S/C26H25N5O2S/c1-30-20-12-6-5-11-19(20)29-26(30)34-17-23(32)31(16-8-14-22(31)25(27)33)21-13-7-15-28-24(21)18-9-3-2-4-10-18/h2-7,9-13,15,22H,8,14,16-17H2,1H3,(H-,27,33)/p+1/t22-,31?/m0/s1. The average Bonchev–Trinajstić information content (AvgIpc) is 3.46. The highest BCUT2D eigenvalue weighted by atomic mass is 32.2. The fourth-order valence-electron chi connectivity index (χ4n) is 5.02. The number of quaternary nitrogens is 1. The van der Waals surface area contributed by atoms with Crippen LogP contribution in [0.4, 0.5) is 5.69 Å². The van der Waals surface area contributed by atoms with Gasteiger partial charge in [0.2, 0.25) is 0 Å². The van der Waals surface area contributed by atoms with Crippen molar-refractivity contribution in [1.29, 1.82) is 0 Å². The van der Waals surface area contributed by atoms with Crippen LogP contribution in [0, 0.1) is 0 Å². The zero-order valence-corrected chi connectivity index (χ0v) is 19.7. The Bertz CT molecular complexity index is 1370. The Kier molecular flexibility index (Phi) is 5.93. The number of rotatable bonds is 6. The van der Waals surface area contributed by atoms with E-state index >= 15 is 0 Å². The highest BCUT2D eigenvalue weighted by Gasteiger charge is 2.53. The van der Waals surface area contributed by atoms with Gasteiger partial charge in [0.1, 0.15) is 11.4 Å². The molecule has 172 valence electrons. The number of carbonyl (C=O) groups excluding carboxylic acids is 2. The number of aromatic nitrogens is 3. The Morgan fingerprint density at radius 1 is 1.09 bits per heavy atom. The van der Waals surface area contributed by atoms with Gasteiger partial charge < -0.3 is 10.3 Å². The summed E-state index contributed by atoms with van der Waals surface area (Å²) in [6.45, 7) is 0.515. The third-order valence-electron chi connectivity index (χ3n) is 6.63. The van der Waals surface area contributed by atoms with Crippen LogP contribution in [0.15, 0.2) is 78.1 Å². The quantitative estimate of drug-likeness (QED) is 0.339. The molecule has 0 bridgehead atoms. The van der Waals surface area contributed by atoms with Gasteiger partial charge in [0, 0.05) is 37.7 Å². The van der Waals surface area contributed by atoms with Crippen molar-refractivity contribution >= 4 is 40.3 Å². The fraction of sp³-hybridized carbons (Fsp3) is 0.231. The zero-order valence-electron chi connectivity index (χ0n) is 18.9. The minimum atomic E-state index is -0.625. The van der Waals surface area contributed by atoms with E-state index in [1.165, 1.54) is 11.8 Å². The molecule has 2 amide bonds. The molecule has 34 heavy (non-hydrogen) atoms. The van der Waals surface area contributed by atoms with Gasteiger partial charge in [-0.2, -0.15) is 0 Å². The van der Waals surface area contributed by atoms with Gasteiger partial charge in [0.25, 0.3) is 5.91 Å². The lowest BCUT2D eigenvalue weighted by atomic mass is 10.0. The molecule has 1 aliphatic heterocycles. The summed E-state index contributed by atoms with van der Waals surface area (Å²) in [6.07, 6.45) is 3.02. The third kappa shape index (κ3) is 3.69. The Morgan fingerprint density at radius 2 is 1.85 bits per heavy atom. The Labute approximate surface area is 202 Å². The number of amides is 2. The number of nitrogens with zero attached hydrogens (tertiary/aromatic N) is 4. The average molecular weight is 473 g/mol. The molecule has 2 aromatic heterocycles. The SMILES string of the molecule is Cn1c(SCC(=O)[N+]2(c3cccnc3-c3ccccc3)CCC[C@H]2C(N)=O)nc2ccccc21. The van der Waals surface area contributed by atoms with Gasteiger partial charge in [-0.25, -0.2) is 19.2 Å². The van der Waals surface area contributed by atoms with E-state index in [-0.39, 0.29) is 16.1 Å². The summed E-state index contributed by atoms with van der Waals surface area (Å²) in [4.78, 5) is 36.0. The molecule has 0 saturated carbocycles. The number of fused-ring (bicyclic) bond motifs is 1. The number of thioether (sulfide) groups is 1. The molecule has 5 rings (SSSR count). The smallest absolute Gasteiger partial charge is 0.329 e. The number of pyridine rings is 1. The molecule has 2 atom stereocenters. The first-order valence-electron chi connectivity index (χ1n) is 11.3. The van der Waals surface area contributed by atoms with Crippen LogP contribution in [-0.4, -0.2) is 44.7 Å². The largest absolute Gasteiger partial charge is 0.364 e. The molecule has 0 spiro atoms. The van der Waals surface area contributed by atoms with Gasteiger partial charge >= 0.3 is 5.91 Å². The van der Waals surface area contributed by atoms with E-state index in [0.717, 1.165) is 33.9 Å². The van der Waals surface area contributed by atoms with Crippen LogP contribution in [0.2, 0.25) is 0 Å². The van der Waals surface area contributed by atoms with Gasteiger partial charge in [-0.1, -0.05) is 54.2 Å². The molecule has 7 nitrogen and oxygen atoms in total. The topological polar surface area (TPSA) is 90.9 Å². The summed E-state index contributed by atoms with van der Waals surface area (Å²) in [5.41, 5.74) is 10.1. The number of hydrogen-bond donors (Lipinski definition) is 1. The number of likely N-dealkylation sites (tertiary alicyclic amines) is 1. The summed E-state index contributed by atoms with van der Waals surface area (Å²) in [5, 5.41) is 0.761. The van der Waals surface area contributed by atoms with Crippen LogP contribution in [0.3, 0.4) is 0 Å². The summed E-state index contributed by atoms with van der Waals surface area (Å²) >= 11 is 1.39. The first-order valence-corrected chi connectivity index (χ1v) is 12.3. The molecule has 3 heterocycles. The highest BCUT2D eigenvalue weighted by molar-refractivity contribution is 7.99. The second-order valence-electron chi connectivity index (χ2n) is 8.51. The molecule has 1 fully saturated rings. The molecule has 8 heteroatoms. The number of benzene rings is 2. The predicted octanol–water partition coefficient (Wildman–Crippen LogP) is 3.91. The summed E-state index contributed by atoms with van der Waals surface area (Å²) < 4.78 is 1.89. The fourth-order valence-corrected chi connectivity index (χ4v) is 5.96. The van der Waals surface area contributed by atoms with Crippen molar-refractivity contribution in [3.05, 3.63) is 72.9 Å². The van der Waals surface area contributed by atoms with Gasteiger partial charge in [0.05, 0.1) is 17.6 Å². The maximum Gasteiger partial charge on any atom is 0.329 e. The maximum absolute atomic E-state index is 14.0. The lowest BCUT2D eigenvalue weighted by Gasteiger charge is -2.36. The van der Waals surface area contributed by atoms with Crippen molar-refractivity contribution in [2.45, 2.75) is 24.0 Å². The highest BCUT2D eigenvalue weighted by Crippen LogP contribution is 2.41. The number of hydrogen-bond acceptors (Lipinski definition) is 5. The summed E-state index contributed by atoms with van der Waals surface area (Å²) in [5.74, 6) is -0.352. The molecular formula is C26H26N5O2S+. The van der Waals surface area contributed by atoms with Gasteiger partial charge in [-0.15, -0.1) is 0 Å². The van der Waals surface area contributed by atoms with Gasteiger partial charge in [-0.3, -0.25) is 4.79 Å². The number of para-hydroxylation sites is 2. The molecule has 4 aromatic rings. The summed E-state index contributed by atoms with van der Waals surface area (Å²) in [7, 11) is 1.95. The number of carbonyl (C=O) groups is 2. The lowest BCUT2D eigenvalue weighted by molar-refractivity contribution is -0.134. The predicted molar refractivity (Wildman–Crippen MR) is 135 cm³/mol. The van der Waals surface area contributed by atoms with Crippen LogP contribution >= 0.6 is 11.8 Å². The molecule has 2 aromatic carbocycles. The van der Waals surface area contributed by atoms with Crippen LogP contribution in [0.5, 0.6) is 0 Å². The van der Waals surface area contributed by atoms with Crippen molar-refractivity contribution in [3.63, 3.8) is 0 Å². The molecule has 2 N–H and O–H groups in total. The number of aryl methyl sites for hydroxylation is 1. The van der Waals surface area contributed by atoms with Crippen molar-refractivity contribution in [1.82, 2.24) is 19.0 Å². The van der Waals surface area contributed by atoms with Crippen LogP contribution in [0.25, 0.3) is 22.3 Å². The van der Waals surface area contributed by atoms with E-state index in [1.807, 2.05) is 78.3 Å². The minimum Gasteiger partial charge on any atom is -0.364 e. The number of primary amides is 1. The van der Waals surface area contributed by atoms with Gasteiger partial charge in [-0.05, 0) is 18.2 Å². The maximum atomic E-state index is 14.0. The van der Waals surface area contributed by atoms with Crippen molar-refractivity contribution < 1.29 is 9.59 Å². The molecular weight excluding hydrogens is 446 g/mol. The molecule has 1 saturated heterocycles. The number of imidazole rings is 1. The molecule has 0 aliphatic carbocycles. The van der Waals surface area contributed by atoms with Crippen molar-refractivity contribution in [3.8, 4) is 11.3 Å². The molecule has 1 unspecified atom stereocenters. The van der Waals surface area contributed by atoms with E-state index in [2.05, 4.69) is 9.97 Å². The first-order chi connectivity index (χ1) is 16.5. The van der Waals surface area contributed by atoms with E-state index < -0.39 is 11.9 Å². The van der Waals surface area contributed by atoms with Crippen LogP contribution in [-0.2, 0) is 16.6 Å². The second-order valence-corrected chi connectivity index (χ2v) is 9.46. The Hall–Kier alpha value is -3.49. The third-order valence-corrected chi connectivity index (χ3v) is 7.64. The monoisotopic (exact) mass is 472 g/mol. The van der Waals surface area contributed by atoms with Gasteiger partial charge in [0.15, 0.2) is 16.9 Å². The normalized spacial score (nSPS) is 20.0. The Balaban J connectivity index is 1.55. The van der Waals surface area contributed by atoms with E-state index in [4.69, 9.17) is 5.73 Å². The zero-order chi connectivity index (χ0) is 23.7. The first kappa shape index (κ1) is 22.3. The summed E-state index contributed by atoms with van der Waals surface area (Å²) in [6, 6.07) is 20.8. The lowest BCUT2D eigenvalue weighted by Crippen LogP contribution is -2.62. The Morgan fingerprint density at radius 3 is 2.62 bits per heavy atom. The van der Waals surface area contributed by atoms with Crippen molar-refractivity contribution in [2.75, 3.05) is 12.3 Å².